The normalized spacial score (nSPS) is 19.0. The molecule has 8 nitrogen and oxygen atoms in total. The molecule has 0 radical (unpaired) electrons. The Bertz CT molecular complexity index is 746. The molecule has 2 heterocycles. The van der Waals surface area contributed by atoms with Gasteiger partial charge in [0, 0.05) is 24.9 Å². The molecule has 2 aromatic rings. The number of tetrazole rings is 1. The number of nitrogens with zero attached hydrogens (tertiary/aromatic N) is 4. The zero-order valence-corrected chi connectivity index (χ0v) is 15.5. The summed E-state index contributed by atoms with van der Waals surface area (Å²) >= 11 is 0. The summed E-state index contributed by atoms with van der Waals surface area (Å²) in [6.07, 6.45) is 4.39. The van der Waals surface area contributed by atoms with Crippen molar-refractivity contribution in [3.8, 4) is 0 Å². The molecular weight excluding hydrogens is 344 g/mol. The van der Waals surface area contributed by atoms with E-state index in [1.54, 1.807) is 0 Å². The van der Waals surface area contributed by atoms with E-state index < -0.39 is 11.9 Å². The summed E-state index contributed by atoms with van der Waals surface area (Å²) in [4.78, 5) is 13.8. The molecule has 1 aromatic heterocycles. The molecule has 0 bridgehead atoms. The number of nitrogens with one attached hydrogen (secondary N) is 2. The van der Waals surface area contributed by atoms with E-state index in [-0.39, 0.29) is 5.92 Å². The van der Waals surface area contributed by atoms with Gasteiger partial charge in [0.1, 0.15) is 0 Å². The topological polar surface area (TPSA) is 119 Å². The third kappa shape index (κ3) is 4.50. The second-order valence-corrected chi connectivity index (χ2v) is 7.17. The van der Waals surface area contributed by atoms with E-state index >= 15 is 0 Å². The van der Waals surface area contributed by atoms with Gasteiger partial charge in [0.25, 0.3) is 0 Å². The summed E-state index contributed by atoms with van der Waals surface area (Å²) in [5.74, 6) is -0.769. The third-order valence-electron chi connectivity index (χ3n) is 5.40. The number of hydrogen-bond acceptors (Lipinski definition) is 5. The van der Waals surface area contributed by atoms with Crippen LogP contribution in [0, 0.1) is 11.3 Å². The van der Waals surface area contributed by atoms with E-state index in [9.17, 15) is 9.90 Å². The SMILES string of the molecule is CCC[C@H](C(=O)O)[C@H](Cc1ccc(C2CCN(C=N)C2)cc1)c1nn[nH]n1. The fraction of sp³-hybridized carbons (Fsp3) is 0.526. The maximum absolute atomic E-state index is 11.8. The Morgan fingerprint density at radius 2 is 2.22 bits per heavy atom. The lowest BCUT2D eigenvalue weighted by molar-refractivity contribution is -0.142. The minimum Gasteiger partial charge on any atom is -0.481 e. The van der Waals surface area contributed by atoms with Crippen molar-refractivity contribution in [1.29, 1.82) is 5.41 Å². The second kappa shape index (κ2) is 8.75. The lowest BCUT2D eigenvalue weighted by Gasteiger charge is -2.21. The minimum atomic E-state index is -0.819. The van der Waals surface area contributed by atoms with Crippen LogP contribution in [-0.2, 0) is 11.2 Å². The molecule has 0 saturated carbocycles. The standard InChI is InChI=1S/C19H26N6O2/c1-2-3-16(19(26)27)17(18-21-23-24-22-18)10-13-4-6-14(7-5-13)15-8-9-25(11-15)12-20/h4-7,12,15-17,20H,2-3,8-11H2,1H3,(H,26,27)(H,21,22,23,24)/t15?,16-,17-/m0/s1. The first-order chi connectivity index (χ1) is 13.1. The van der Waals surface area contributed by atoms with Gasteiger partial charge in [0.15, 0.2) is 5.82 Å². The predicted molar refractivity (Wildman–Crippen MR) is 101 cm³/mol. The Morgan fingerprint density at radius 3 is 2.78 bits per heavy atom. The largest absolute Gasteiger partial charge is 0.481 e. The van der Waals surface area contributed by atoms with Crippen LogP contribution in [0.5, 0.6) is 0 Å². The van der Waals surface area contributed by atoms with Crippen molar-refractivity contribution < 1.29 is 9.90 Å². The van der Waals surface area contributed by atoms with E-state index in [0.717, 1.165) is 31.5 Å². The fourth-order valence-corrected chi connectivity index (χ4v) is 3.90. The number of H-pyrrole nitrogens is 1. The van der Waals surface area contributed by atoms with Gasteiger partial charge >= 0.3 is 5.97 Å². The highest BCUT2D eigenvalue weighted by atomic mass is 16.4. The molecule has 27 heavy (non-hydrogen) atoms. The highest BCUT2D eigenvalue weighted by Gasteiger charge is 2.32. The number of carboxylic acids is 1. The molecule has 8 heteroatoms. The molecule has 0 aliphatic carbocycles. The van der Waals surface area contributed by atoms with Crippen molar-refractivity contribution >= 4 is 12.3 Å². The number of aliphatic carboxylic acids is 1. The number of likely N-dealkylation sites (tertiary alicyclic amines) is 1. The Kier molecular flexibility index (Phi) is 6.16. The van der Waals surface area contributed by atoms with Crippen molar-refractivity contribution in [2.24, 2.45) is 5.92 Å². The van der Waals surface area contributed by atoms with Gasteiger partial charge in [-0.1, -0.05) is 42.8 Å². The average molecular weight is 370 g/mol. The Balaban J connectivity index is 1.76. The number of aromatic amines is 1. The molecule has 0 amide bonds. The lowest BCUT2D eigenvalue weighted by atomic mass is 9.83. The zero-order chi connectivity index (χ0) is 19.2. The minimum absolute atomic E-state index is 0.313. The summed E-state index contributed by atoms with van der Waals surface area (Å²) < 4.78 is 0. The van der Waals surface area contributed by atoms with Crippen molar-refractivity contribution in [3.63, 3.8) is 0 Å². The molecule has 1 aliphatic heterocycles. The van der Waals surface area contributed by atoms with Crippen molar-refractivity contribution in [3.05, 3.63) is 41.2 Å². The number of rotatable bonds is 9. The van der Waals surface area contributed by atoms with Gasteiger partial charge in [0.05, 0.1) is 12.3 Å². The smallest absolute Gasteiger partial charge is 0.307 e. The highest BCUT2D eigenvalue weighted by Crippen LogP contribution is 2.31. The molecule has 1 fully saturated rings. The molecular formula is C19H26N6O2. The quantitative estimate of drug-likeness (QED) is 0.461. The maximum Gasteiger partial charge on any atom is 0.307 e. The van der Waals surface area contributed by atoms with E-state index in [2.05, 4.69) is 44.9 Å². The second-order valence-electron chi connectivity index (χ2n) is 7.17. The maximum atomic E-state index is 11.8. The van der Waals surface area contributed by atoms with Crippen LogP contribution in [0.2, 0.25) is 0 Å². The number of hydrogen-bond donors (Lipinski definition) is 3. The molecule has 144 valence electrons. The molecule has 3 rings (SSSR count). The molecule has 1 aliphatic rings. The van der Waals surface area contributed by atoms with E-state index in [0.29, 0.717) is 24.6 Å². The first kappa shape index (κ1) is 19.0. The van der Waals surface area contributed by atoms with Gasteiger partial charge in [0.2, 0.25) is 0 Å². The van der Waals surface area contributed by atoms with Crippen LogP contribution in [-0.4, -0.2) is 56.0 Å². The lowest BCUT2D eigenvalue weighted by Crippen LogP contribution is -2.25. The van der Waals surface area contributed by atoms with Crippen LogP contribution in [0.4, 0.5) is 0 Å². The third-order valence-corrected chi connectivity index (χ3v) is 5.40. The molecule has 3 atom stereocenters. The number of carboxylic acid groups (broad SMARTS) is 1. The zero-order valence-electron chi connectivity index (χ0n) is 15.5. The average Bonchev–Trinajstić information content (AvgIpc) is 3.36. The van der Waals surface area contributed by atoms with E-state index in [1.165, 1.54) is 11.9 Å². The molecule has 1 aromatic carbocycles. The Hall–Kier alpha value is -2.77. The molecule has 1 saturated heterocycles. The van der Waals surface area contributed by atoms with Gasteiger partial charge < -0.3 is 10.0 Å². The Labute approximate surface area is 158 Å². The van der Waals surface area contributed by atoms with Crippen LogP contribution in [0.3, 0.4) is 0 Å². The van der Waals surface area contributed by atoms with Gasteiger partial charge in [-0.25, -0.2) is 0 Å². The molecule has 3 N–H and O–H groups in total. The number of aromatic nitrogens is 4. The summed E-state index contributed by atoms with van der Waals surface area (Å²) in [5.41, 5.74) is 2.33. The van der Waals surface area contributed by atoms with Crippen molar-refractivity contribution in [2.45, 2.75) is 44.4 Å². The van der Waals surface area contributed by atoms with Crippen molar-refractivity contribution in [1.82, 2.24) is 25.5 Å². The number of carbonyl (C=O) groups is 1. The van der Waals surface area contributed by atoms with Crippen LogP contribution in [0.1, 0.15) is 55.0 Å². The summed E-state index contributed by atoms with van der Waals surface area (Å²) in [5, 5.41) is 31.2. The van der Waals surface area contributed by atoms with Crippen molar-refractivity contribution in [2.75, 3.05) is 13.1 Å². The van der Waals surface area contributed by atoms with Gasteiger partial charge in [-0.2, -0.15) is 5.21 Å². The molecule has 0 spiro atoms. The first-order valence-corrected chi connectivity index (χ1v) is 9.42. The Morgan fingerprint density at radius 1 is 1.44 bits per heavy atom. The molecule has 1 unspecified atom stereocenters. The monoisotopic (exact) mass is 370 g/mol. The number of benzene rings is 1. The van der Waals surface area contributed by atoms with Gasteiger partial charge in [-0.3, -0.25) is 10.2 Å². The van der Waals surface area contributed by atoms with Gasteiger partial charge in [-0.15, -0.1) is 10.2 Å². The summed E-state index contributed by atoms with van der Waals surface area (Å²) in [7, 11) is 0. The van der Waals surface area contributed by atoms with Gasteiger partial charge in [-0.05, 0) is 30.4 Å². The summed E-state index contributed by atoms with van der Waals surface area (Å²) in [6, 6.07) is 8.38. The van der Waals surface area contributed by atoms with Crippen LogP contribution >= 0.6 is 0 Å². The van der Waals surface area contributed by atoms with E-state index in [4.69, 9.17) is 5.41 Å². The van der Waals surface area contributed by atoms with Crippen LogP contribution in [0.15, 0.2) is 24.3 Å². The van der Waals surface area contributed by atoms with E-state index in [1.807, 2.05) is 11.8 Å². The highest BCUT2D eigenvalue weighted by molar-refractivity contribution is 5.71. The fourth-order valence-electron chi connectivity index (χ4n) is 3.90. The first-order valence-electron chi connectivity index (χ1n) is 9.42. The predicted octanol–water partition coefficient (Wildman–Crippen LogP) is 2.42. The summed E-state index contributed by atoms with van der Waals surface area (Å²) in [6.45, 7) is 3.79. The van der Waals surface area contributed by atoms with Crippen LogP contribution < -0.4 is 0 Å². The van der Waals surface area contributed by atoms with Crippen LogP contribution in [0.25, 0.3) is 0 Å².